The number of nitrogens with one attached hydrogen (secondary N) is 1. The fourth-order valence-electron chi connectivity index (χ4n) is 2.72. The molecule has 0 aliphatic carbocycles. The molecule has 0 bridgehead atoms. The lowest BCUT2D eigenvalue weighted by Crippen LogP contribution is -2.21. The van der Waals surface area contributed by atoms with E-state index < -0.39 is 5.63 Å². The lowest BCUT2D eigenvalue weighted by molar-refractivity contribution is -0.118. The van der Waals surface area contributed by atoms with Gasteiger partial charge in [-0.3, -0.25) is 4.79 Å². The first kappa shape index (κ1) is 17.8. The summed E-state index contributed by atoms with van der Waals surface area (Å²) in [5.74, 6) is 0.0423. The topological polar surface area (TPSA) is 86.4 Å². The van der Waals surface area contributed by atoms with Crippen molar-refractivity contribution in [3.63, 3.8) is 0 Å². The van der Waals surface area contributed by atoms with Crippen LogP contribution in [-0.4, -0.2) is 22.3 Å². The molecule has 7 nitrogen and oxygen atoms in total. The van der Waals surface area contributed by atoms with Gasteiger partial charge in [0.05, 0.1) is 10.7 Å². The van der Waals surface area contributed by atoms with Crippen molar-refractivity contribution in [2.24, 2.45) is 0 Å². The molecule has 0 spiro atoms. The van der Waals surface area contributed by atoms with Crippen molar-refractivity contribution in [3.05, 3.63) is 82.4 Å². The van der Waals surface area contributed by atoms with Crippen molar-refractivity contribution in [3.8, 4) is 11.4 Å². The second kappa shape index (κ2) is 7.58. The third-order valence-corrected chi connectivity index (χ3v) is 4.26. The summed E-state index contributed by atoms with van der Waals surface area (Å²) in [5.41, 5.74) is 1.01. The fraction of sp³-hybridized carbons (Fsp3) is 0.0500. The van der Waals surface area contributed by atoms with Gasteiger partial charge in [-0.25, -0.2) is 9.48 Å². The molecular formula is C20H14ClN3O4. The molecule has 8 heteroatoms. The Balaban J connectivity index is 1.49. The van der Waals surface area contributed by atoms with Crippen LogP contribution in [0.3, 0.4) is 0 Å². The quantitative estimate of drug-likeness (QED) is 0.521. The van der Waals surface area contributed by atoms with E-state index in [-0.39, 0.29) is 12.5 Å². The van der Waals surface area contributed by atoms with Gasteiger partial charge in [0.15, 0.2) is 6.61 Å². The summed E-state index contributed by atoms with van der Waals surface area (Å²) < 4.78 is 12.2. The smallest absolute Gasteiger partial charge is 0.336 e. The van der Waals surface area contributed by atoms with E-state index in [9.17, 15) is 9.59 Å². The van der Waals surface area contributed by atoms with Crippen molar-refractivity contribution in [1.29, 1.82) is 0 Å². The van der Waals surface area contributed by atoms with Crippen LogP contribution in [0.5, 0.6) is 5.75 Å². The molecule has 0 atom stereocenters. The minimum atomic E-state index is -0.450. The first-order valence-corrected chi connectivity index (χ1v) is 8.73. The lowest BCUT2D eigenvalue weighted by atomic mass is 10.2. The highest BCUT2D eigenvalue weighted by Crippen LogP contribution is 2.28. The van der Waals surface area contributed by atoms with E-state index in [1.807, 2.05) is 0 Å². The van der Waals surface area contributed by atoms with E-state index in [2.05, 4.69) is 10.4 Å². The highest BCUT2D eigenvalue weighted by molar-refractivity contribution is 6.33. The molecule has 1 N–H and O–H groups in total. The Bertz CT molecular complexity index is 1200. The second-order valence-electron chi connectivity index (χ2n) is 5.88. The summed E-state index contributed by atoms with van der Waals surface area (Å²) in [7, 11) is 0. The van der Waals surface area contributed by atoms with Crippen LogP contribution >= 0.6 is 11.6 Å². The number of aromatic nitrogens is 2. The maximum absolute atomic E-state index is 12.4. The Kier molecular flexibility index (Phi) is 4.82. The van der Waals surface area contributed by atoms with Crippen LogP contribution in [0.4, 0.5) is 5.69 Å². The summed E-state index contributed by atoms with van der Waals surface area (Å²) in [5, 5.41) is 8.15. The van der Waals surface area contributed by atoms with Crippen molar-refractivity contribution < 1.29 is 13.9 Å². The predicted octanol–water partition coefficient (Wildman–Crippen LogP) is 3.65. The minimum Gasteiger partial charge on any atom is -0.484 e. The standard InChI is InChI=1S/C20H14ClN3O4/c21-15-3-1-4-16(20(15)24-10-2-9-22-24)23-18(25)12-27-14-7-5-13-6-8-19(26)28-17(13)11-14/h1-11H,12H2,(H,23,25). The number of rotatable bonds is 5. The molecule has 2 heterocycles. The zero-order chi connectivity index (χ0) is 19.5. The van der Waals surface area contributed by atoms with Crippen LogP contribution < -0.4 is 15.7 Å². The monoisotopic (exact) mass is 395 g/mol. The van der Waals surface area contributed by atoms with Gasteiger partial charge in [-0.15, -0.1) is 0 Å². The molecule has 0 radical (unpaired) electrons. The van der Waals surface area contributed by atoms with Crippen molar-refractivity contribution in [2.75, 3.05) is 11.9 Å². The van der Waals surface area contributed by atoms with E-state index in [4.69, 9.17) is 20.8 Å². The summed E-state index contributed by atoms with van der Waals surface area (Å²) >= 11 is 6.27. The first-order chi connectivity index (χ1) is 13.6. The number of ether oxygens (including phenoxy) is 1. The maximum Gasteiger partial charge on any atom is 0.336 e. The molecule has 0 fully saturated rings. The summed E-state index contributed by atoms with van der Waals surface area (Å²) in [4.78, 5) is 23.7. The number of carbonyl (C=O) groups is 1. The number of nitrogens with zero attached hydrogens (tertiary/aromatic N) is 2. The van der Waals surface area contributed by atoms with Crippen LogP contribution in [0.15, 0.2) is 76.2 Å². The van der Waals surface area contributed by atoms with Crippen molar-refractivity contribution >= 4 is 34.2 Å². The zero-order valence-electron chi connectivity index (χ0n) is 14.5. The molecule has 0 aliphatic rings. The third kappa shape index (κ3) is 3.74. The Labute approximate surface area is 164 Å². The summed E-state index contributed by atoms with van der Waals surface area (Å²) in [6, 6.07) is 15.0. The van der Waals surface area contributed by atoms with E-state index in [1.54, 1.807) is 65.6 Å². The largest absolute Gasteiger partial charge is 0.484 e. The van der Waals surface area contributed by atoms with Gasteiger partial charge in [0.1, 0.15) is 17.0 Å². The van der Waals surface area contributed by atoms with Gasteiger partial charge in [-0.05, 0) is 36.4 Å². The number of fused-ring (bicyclic) bond motifs is 1. The summed E-state index contributed by atoms with van der Waals surface area (Å²) in [6.07, 6.45) is 3.35. The van der Waals surface area contributed by atoms with E-state index in [0.29, 0.717) is 27.7 Å². The van der Waals surface area contributed by atoms with Crippen LogP contribution in [0.25, 0.3) is 16.7 Å². The van der Waals surface area contributed by atoms with Gasteiger partial charge >= 0.3 is 5.63 Å². The van der Waals surface area contributed by atoms with Crippen LogP contribution in [0.1, 0.15) is 0 Å². The third-order valence-electron chi connectivity index (χ3n) is 3.96. The molecule has 2 aromatic carbocycles. The van der Waals surface area contributed by atoms with Gasteiger partial charge in [-0.2, -0.15) is 5.10 Å². The first-order valence-electron chi connectivity index (χ1n) is 8.35. The fourth-order valence-corrected chi connectivity index (χ4v) is 2.98. The van der Waals surface area contributed by atoms with E-state index >= 15 is 0 Å². The van der Waals surface area contributed by atoms with Crippen LogP contribution in [0.2, 0.25) is 5.02 Å². The maximum atomic E-state index is 12.4. The Morgan fingerprint density at radius 1 is 1.18 bits per heavy atom. The Morgan fingerprint density at radius 3 is 2.86 bits per heavy atom. The van der Waals surface area contributed by atoms with Crippen molar-refractivity contribution in [2.45, 2.75) is 0 Å². The average molecular weight is 396 g/mol. The molecule has 1 amide bonds. The summed E-state index contributed by atoms with van der Waals surface area (Å²) in [6.45, 7) is -0.229. The predicted molar refractivity (Wildman–Crippen MR) is 105 cm³/mol. The number of amides is 1. The van der Waals surface area contributed by atoms with Gasteiger partial charge in [0.2, 0.25) is 0 Å². The highest BCUT2D eigenvalue weighted by atomic mass is 35.5. The number of benzene rings is 2. The SMILES string of the molecule is O=C(COc1ccc2ccc(=O)oc2c1)Nc1cccc(Cl)c1-n1cccn1. The normalized spacial score (nSPS) is 10.8. The number of hydrogen-bond donors (Lipinski definition) is 1. The number of para-hydroxylation sites is 1. The number of hydrogen-bond acceptors (Lipinski definition) is 5. The minimum absolute atomic E-state index is 0.229. The lowest BCUT2D eigenvalue weighted by Gasteiger charge is -2.13. The highest BCUT2D eigenvalue weighted by Gasteiger charge is 2.13. The molecule has 2 aromatic heterocycles. The van der Waals surface area contributed by atoms with Gasteiger partial charge in [0, 0.05) is 29.9 Å². The van der Waals surface area contributed by atoms with Crippen molar-refractivity contribution in [1.82, 2.24) is 9.78 Å². The van der Waals surface area contributed by atoms with Gasteiger partial charge < -0.3 is 14.5 Å². The second-order valence-corrected chi connectivity index (χ2v) is 6.28. The number of carbonyl (C=O) groups excluding carboxylic acids is 1. The molecule has 4 rings (SSSR count). The Morgan fingerprint density at radius 2 is 2.04 bits per heavy atom. The molecule has 4 aromatic rings. The molecule has 28 heavy (non-hydrogen) atoms. The molecule has 0 saturated heterocycles. The van der Waals surface area contributed by atoms with E-state index in [1.165, 1.54) is 6.07 Å². The molecular weight excluding hydrogens is 382 g/mol. The molecule has 0 unspecified atom stereocenters. The van der Waals surface area contributed by atoms with Gasteiger partial charge in [0.25, 0.3) is 5.91 Å². The Hall–Kier alpha value is -3.58. The van der Waals surface area contributed by atoms with Gasteiger partial charge in [-0.1, -0.05) is 17.7 Å². The average Bonchev–Trinajstić information content (AvgIpc) is 3.20. The number of halogens is 1. The molecule has 0 saturated carbocycles. The zero-order valence-corrected chi connectivity index (χ0v) is 15.2. The van der Waals surface area contributed by atoms with Crippen LogP contribution in [-0.2, 0) is 4.79 Å². The molecule has 140 valence electrons. The molecule has 0 aliphatic heterocycles. The number of anilines is 1. The van der Waals surface area contributed by atoms with E-state index in [0.717, 1.165) is 5.39 Å². The van der Waals surface area contributed by atoms with Crippen LogP contribution in [0, 0.1) is 0 Å².